The number of benzene rings is 2. The molecule has 0 aliphatic carbocycles. The van der Waals surface area contributed by atoms with Crippen molar-refractivity contribution in [1.82, 2.24) is 9.55 Å². The minimum absolute atomic E-state index is 0.764. The average molecular weight is 235 g/mol. The van der Waals surface area contributed by atoms with Crippen LogP contribution in [0.5, 0.6) is 0 Å². The molecular formula is C15H13N3. The van der Waals surface area contributed by atoms with Crippen molar-refractivity contribution in [3.63, 3.8) is 0 Å². The Morgan fingerprint density at radius 2 is 1.61 bits per heavy atom. The molecule has 0 spiro atoms. The molecule has 0 saturated heterocycles. The highest BCUT2D eigenvalue weighted by atomic mass is 15.0. The lowest BCUT2D eigenvalue weighted by atomic mass is 10.1. The molecule has 3 aromatic rings. The first-order valence-electron chi connectivity index (χ1n) is 5.78. The van der Waals surface area contributed by atoms with Crippen molar-refractivity contribution in [3.05, 3.63) is 67.1 Å². The highest BCUT2D eigenvalue weighted by Gasteiger charge is 2.05. The van der Waals surface area contributed by atoms with Gasteiger partial charge in [-0.2, -0.15) is 0 Å². The summed E-state index contributed by atoms with van der Waals surface area (Å²) in [6, 6.07) is 18.0. The van der Waals surface area contributed by atoms with Crippen LogP contribution in [0, 0.1) is 0 Å². The monoisotopic (exact) mass is 235 g/mol. The molecule has 1 heterocycles. The molecule has 0 radical (unpaired) electrons. The third-order valence-corrected chi connectivity index (χ3v) is 2.88. The minimum atomic E-state index is 0.764. The average Bonchev–Trinajstić information content (AvgIpc) is 2.90. The van der Waals surface area contributed by atoms with E-state index in [1.165, 1.54) is 0 Å². The first-order chi connectivity index (χ1) is 8.84. The summed E-state index contributed by atoms with van der Waals surface area (Å²) in [5.41, 5.74) is 9.74. The van der Waals surface area contributed by atoms with Gasteiger partial charge in [0.05, 0.1) is 18.2 Å². The van der Waals surface area contributed by atoms with E-state index in [4.69, 9.17) is 5.73 Å². The van der Waals surface area contributed by atoms with Gasteiger partial charge in [0.2, 0.25) is 0 Å². The lowest BCUT2D eigenvalue weighted by Gasteiger charge is -2.08. The molecule has 0 aliphatic rings. The van der Waals surface area contributed by atoms with Gasteiger partial charge in [-0.3, -0.25) is 4.57 Å². The van der Waals surface area contributed by atoms with E-state index in [0.29, 0.717) is 0 Å². The van der Waals surface area contributed by atoms with Gasteiger partial charge in [-0.05, 0) is 24.3 Å². The third kappa shape index (κ3) is 1.86. The summed E-state index contributed by atoms with van der Waals surface area (Å²) >= 11 is 0. The fourth-order valence-electron chi connectivity index (χ4n) is 1.96. The summed E-state index contributed by atoms with van der Waals surface area (Å²) in [7, 11) is 0. The molecule has 0 aliphatic heterocycles. The molecule has 2 N–H and O–H groups in total. The number of anilines is 1. The van der Waals surface area contributed by atoms with Crippen molar-refractivity contribution in [2.45, 2.75) is 0 Å². The number of nitrogen functional groups attached to an aromatic ring is 1. The first-order valence-corrected chi connectivity index (χ1v) is 5.78. The van der Waals surface area contributed by atoms with Crippen molar-refractivity contribution >= 4 is 5.69 Å². The molecule has 0 atom stereocenters. The molecule has 88 valence electrons. The van der Waals surface area contributed by atoms with Crippen LogP contribution in [-0.4, -0.2) is 9.55 Å². The van der Waals surface area contributed by atoms with Gasteiger partial charge in [0.1, 0.15) is 0 Å². The smallest absolute Gasteiger partial charge is 0.0997 e. The van der Waals surface area contributed by atoms with E-state index in [-0.39, 0.29) is 0 Å². The number of hydrogen-bond acceptors (Lipinski definition) is 2. The van der Waals surface area contributed by atoms with E-state index in [1.807, 2.05) is 55.0 Å². The second-order valence-electron chi connectivity index (χ2n) is 4.11. The quantitative estimate of drug-likeness (QED) is 0.693. The zero-order chi connectivity index (χ0) is 12.4. The standard InChI is InChI=1S/C15H13N3/c16-13-6-8-14(9-7-13)18-11-17-10-15(18)12-4-2-1-3-5-12/h1-11H,16H2. The van der Waals surface area contributed by atoms with Gasteiger partial charge < -0.3 is 5.73 Å². The Labute approximate surface area is 106 Å². The molecule has 0 saturated carbocycles. The van der Waals surface area contributed by atoms with Gasteiger partial charge >= 0.3 is 0 Å². The normalized spacial score (nSPS) is 10.4. The molecular weight excluding hydrogens is 222 g/mol. The molecule has 3 nitrogen and oxygen atoms in total. The van der Waals surface area contributed by atoms with Crippen molar-refractivity contribution in [2.75, 3.05) is 5.73 Å². The number of hydrogen-bond donors (Lipinski definition) is 1. The van der Waals surface area contributed by atoms with E-state index < -0.39 is 0 Å². The van der Waals surface area contributed by atoms with Crippen LogP contribution in [0.2, 0.25) is 0 Å². The molecule has 0 bridgehead atoms. The number of imidazole rings is 1. The number of rotatable bonds is 2. The molecule has 3 heteroatoms. The summed E-state index contributed by atoms with van der Waals surface area (Å²) in [4.78, 5) is 4.23. The summed E-state index contributed by atoms with van der Waals surface area (Å²) in [5, 5.41) is 0. The van der Waals surface area contributed by atoms with Crippen LogP contribution < -0.4 is 5.73 Å². The van der Waals surface area contributed by atoms with Gasteiger partial charge in [-0.25, -0.2) is 4.98 Å². The molecule has 0 fully saturated rings. The van der Waals surface area contributed by atoms with E-state index >= 15 is 0 Å². The number of aromatic nitrogens is 2. The van der Waals surface area contributed by atoms with Crippen LogP contribution in [0.25, 0.3) is 16.9 Å². The lowest BCUT2D eigenvalue weighted by molar-refractivity contribution is 1.06. The Balaban J connectivity index is 2.10. The first kappa shape index (κ1) is 10.6. The number of nitrogens with two attached hydrogens (primary N) is 1. The van der Waals surface area contributed by atoms with Gasteiger partial charge in [-0.15, -0.1) is 0 Å². The van der Waals surface area contributed by atoms with Gasteiger partial charge in [0, 0.05) is 16.9 Å². The molecule has 0 unspecified atom stereocenters. The SMILES string of the molecule is Nc1ccc(-n2cncc2-c2ccccc2)cc1. The van der Waals surface area contributed by atoms with Crippen LogP contribution in [0.1, 0.15) is 0 Å². The maximum atomic E-state index is 5.70. The largest absolute Gasteiger partial charge is 0.399 e. The maximum absolute atomic E-state index is 5.70. The zero-order valence-corrected chi connectivity index (χ0v) is 9.82. The van der Waals surface area contributed by atoms with Crippen LogP contribution in [0.3, 0.4) is 0 Å². The maximum Gasteiger partial charge on any atom is 0.0997 e. The Kier molecular flexibility index (Phi) is 2.57. The molecule has 2 aromatic carbocycles. The highest BCUT2D eigenvalue weighted by Crippen LogP contribution is 2.22. The summed E-state index contributed by atoms with van der Waals surface area (Å²) in [5.74, 6) is 0. The van der Waals surface area contributed by atoms with Gasteiger partial charge in [-0.1, -0.05) is 30.3 Å². The Bertz CT molecular complexity index is 639. The van der Waals surface area contributed by atoms with Crippen molar-refractivity contribution in [1.29, 1.82) is 0 Å². The highest BCUT2D eigenvalue weighted by molar-refractivity contribution is 5.62. The van der Waals surface area contributed by atoms with Crippen LogP contribution in [-0.2, 0) is 0 Å². The number of nitrogens with zero attached hydrogens (tertiary/aromatic N) is 2. The predicted octanol–water partition coefficient (Wildman–Crippen LogP) is 3.12. The Hall–Kier alpha value is -2.55. The van der Waals surface area contributed by atoms with Crippen LogP contribution in [0.4, 0.5) is 5.69 Å². The van der Waals surface area contributed by atoms with Crippen LogP contribution in [0.15, 0.2) is 67.1 Å². The fourth-order valence-corrected chi connectivity index (χ4v) is 1.96. The Morgan fingerprint density at radius 3 is 2.33 bits per heavy atom. The van der Waals surface area contributed by atoms with E-state index in [1.54, 1.807) is 0 Å². The summed E-state index contributed by atoms with van der Waals surface area (Å²) in [6.45, 7) is 0. The molecule has 3 rings (SSSR count). The second-order valence-corrected chi connectivity index (χ2v) is 4.11. The van der Waals surface area contributed by atoms with Crippen LogP contribution >= 0.6 is 0 Å². The summed E-state index contributed by atoms with van der Waals surface area (Å²) < 4.78 is 2.05. The predicted molar refractivity (Wildman–Crippen MR) is 73.4 cm³/mol. The minimum Gasteiger partial charge on any atom is -0.399 e. The fraction of sp³-hybridized carbons (Fsp3) is 0. The van der Waals surface area contributed by atoms with Crippen molar-refractivity contribution in [3.8, 4) is 16.9 Å². The second kappa shape index (κ2) is 4.37. The van der Waals surface area contributed by atoms with Gasteiger partial charge in [0.15, 0.2) is 0 Å². The van der Waals surface area contributed by atoms with Gasteiger partial charge in [0.25, 0.3) is 0 Å². The molecule has 18 heavy (non-hydrogen) atoms. The molecule has 0 amide bonds. The van der Waals surface area contributed by atoms with E-state index in [0.717, 1.165) is 22.6 Å². The lowest BCUT2D eigenvalue weighted by Crippen LogP contribution is -1.95. The molecule has 1 aromatic heterocycles. The van der Waals surface area contributed by atoms with Crippen molar-refractivity contribution in [2.24, 2.45) is 0 Å². The summed E-state index contributed by atoms with van der Waals surface area (Å²) in [6.07, 6.45) is 3.68. The van der Waals surface area contributed by atoms with E-state index in [9.17, 15) is 0 Å². The Morgan fingerprint density at radius 1 is 0.889 bits per heavy atom. The zero-order valence-electron chi connectivity index (χ0n) is 9.82. The van der Waals surface area contributed by atoms with E-state index in [2.05, 4.69) is 21.7 Å². The third-order valence-electron chi connectivity index (χ3n) is 2.88. The van der Waals surface area contributed by atoms with Crippen molar-refractivity contribution < 1.29 is 0 Å². The topological polar surface area (TPSA) is 43.8 Å².